The molecule has 102 valence electrons. The Balaban J connectivity index is 2.31. The molecule has 0 bridgehead atoms. The summed E-state index contributed by atoms with van der Waals surface area (Å²) in [5, 5.41) is 0. The minimum absolute atomic E-state index is 0.599. The van der Waals surface area contributed by atoms with Crippen LogP contribution in [0.2, 0.25) is 0 Å². The van der Waals surface area contributed by atoms with Gasteiger partial charge in [-0.05, 0) is 19.1 Å². The van der Waals surface area contributed by atoms with E-state index < -0.39 is 0 Å². The van der Waals surface area contributed by atoms with Crippen LogP contribution in [0.15, 0.2) is 24.4 Å². The van der Waals surface area contributed by atoms with Gasteiger partial charge in [0.05, 0.1) is 0 Å². The van der Waals surface area contributed by atoms with Crippen LogP contribution in [0.3, 0.4) is 0 Å². The maximum absolute atomic E-state index is 5.58. The van der Waals surface area contributed by atoms with Gasteiger partial charge in [-0.1, -0.05) is 0 Å². The van der Waals surface area contributed by atoms with Gasteiger partial charge in [-0.3, -0.25) is 0 Å². The number of nitrogens with two attached hydrogens (primary N) is 1. The highest BCUT2D eigenvalue weighted by atomic mass is 15.2. The van der Waals surface area contributed by atoms with Crippen LogP contribution in [0.5, 0.6) is 0 Å². The summed E-state index contributed by atoms with van der Waals surface area (Å²) >= 11 is 0. The van der Waals surface area contributed by atoms with Crippen LogP contribution in [0.1, 0.15) is 5.82 Å². The van der Waals surface area contributed by atoms with E-state index in [-0.39, 0.29) is 0 Å². The van der Waals surface area contributed by atoms with E-state index in [1.807, 2.05) is 55.2 Å². The molecule has 3 N–H and O–H groups in total. The second kappa shape index (κ2) is 5.71. The molecule has 0 aliphatic carbocycles. The number of H-pyrrole nitrogens is 1. The third-order valence-electron chi connectivity index (χ3n) is 2.95. The van der Waals surface area contributed by atoms with Crippen LogP contribution in [0.25, 0.3) is 0 Å². The SMILES string of the molecule is Cc1nc(N(C)CCN)cc(N(C)c2ccc[nH]2)n1. The van der Waals surface area contributed by atoms with Crippen LogP contribution in [-0.4, -0.2) is 42.1 Å². The summed E-state index contributed by atoms with van der Waals surface area (Å²) in [6, 6.07) is 5.92. The van der Waals surface area contributed by atoms with Gasteiger partial charge in [-0.25, -0.2) is 9.97 Å². The number of nitrogens with one attached hydrogen (secondary N) is 1. The third kappa shape index (κ3) is 3.03. The number of anilines is 3. The molecule has 6 nitrogen and oxygen atoms in total. The predicted molar refractivity (Wildman–Crippen MR) is 77.9 cm³/mol. The number of nitrogens with zero attached hydrogens (tertiary/aromatic N) is 4. The number of hydrogen-bond donors (Lipinski definition) is 2. The van der Waals surface area contributed by atoms with Crippen molar-refractivity contribution in [1.82, 2.24) is 15.0 Å². The van der Waals surface area contributed by atoms with Crippen LogP contribution in [0, 0.1) is 6.92 Å². The second-order valence-electron chi connectivity index (χ2n) is 4.46. The first-order valence-corrected chi connectivity index (χ1v) is 6.26. The quantitative estimate of drug-likeness (QED) is 0.847. The van der Waals surface area contributed by atoms with Gasteiger partial charge >= 0.3 is 0 Å². The van der Waals surface area contributed by atoms with Crippen molar-refractivity contribution in [3.63, 3.8) is 0 Å². The first-order chi connectivity index (χ1) is 9.11. The Kier molecular flexibility index (Phi) is 4.01. The van der Waals surface area contributed by atoms with Crippen molar-refractivity contribution >= 4 is 17.5 Å². The van der Waals surface area contributed by atoms with E-state index in [4.69, 9.17) is 5.73 Å². The lowest BCUT2D eigenvalue weighted by Crippen LogP contribution is -2.26. The zero-order valence-corrected chi connectivity index (χ0v) is 11.6. The Morgan fingerprint density at radius 2 is 2.00 bits per heavy atom. The third-order valence-corrected chi connectivity index (χ3v) is 2.95. The average molecular weight is 260 g/mol. The molecule has 0 unspecified atom stereocenters. The largest absolute Gasteiger partial charge is 0.358 e. The average Bonchev–Trinajstić information content (AvgIpc) is 2.91. The van der Waals surface area contributed by atoms with E-state index in [0.717, 1.165) is 29.8 Å². The first-order valence-electron chi connectivity index (χ1n) is 6.26. The van der Waals surface area contributed by atoms with Gasteiger partial charge in [-0.15, -0.1) is 0 Å². The smallest absolute Gasteiger partial charge is 0.139 e. The van der Waals surface area contributed by atoms with E-state index in [1.165, 1.54) is 0 Å². The van der Waals surface area contributed by atoms with Crippen LogP contribution < -0.4 is 15.5 Å². The van der Waals surface area contributed by atoms with Gasteiger partial charge < -0.3 is 20.5 Å². The minimum atomic E-state index is 0.599. The Morgan fingerprint density at radius 1 is 1.26 bits per heavy atom. The molecule has 2 heterocycles. The van der Waals surface area contributed by atoms with Crippen molar-refractivity contribution in [3.05, 3.63) is 30.2 Å². The van der Waals surface area contributed by atoms with Crippen LogP contribution >= 0.6 is 0 Å². The fraction of sp³-hybridized carbons (Fsp3) is 0.385. The van der Waals surface area contributed by atoms with Crippen molar-refractivity contribution < 1.29 is 0 Å². The van der Waals surface area contributed by atoms with Crippen molar-refractivity contribution in [2.75, 3.05) is 37.0 Å². The van der Waals surface area contributed by atoms with E-state index in [0.29, 0.717) is 6.54 Å². The van der Waals surface area contributed by atoms with Crippen molar-refractivity contribution in [2.45, 2.75) is 6.92 Å². The molecule has 0 spiro atoms. The van der Waals surface area contributed by atoms with Gasteiger partial charge in [0.2, 0.25) is 0 Å². The maximum atomic E-state index is 5.58. The van der Waals surface area contributed by atoms with Gasteiger partial charge in [0, 0.05) is 39.4 Å². The summed E-state index contributed by atoms with van der Waals surface area (Å²) in [6.45, 7) is 3.26. The molecule has 0 saturated carbocycles. The number of hydrogen-bond acceptors (Lipinski definition) is 5. The normalized spacial score (nSPS) is 10.5. The fourth-order valence-electron chi connectivity index (χ4n) is 1.87. The molecule has 2 aromatic rings. The number of aryl methyl sites for hydroxylation is 1. The zero-order valence-electron chi connectivity index (χ0n) is 11.6. The number of likely N-dealkylation sites (N-methyl/N-ethyl adjacent to an activating group) is 1. The topological polar surface area (TPSA) is 74.1 Å². The summed E-state index contributed by atoms with van der Waals surface area (Å²) in [4.78, 5) is 16.1. The minimum Gasteiger partial charge on any atom is -0.358 e. The highest BCUT2D eigenvalue weighted by Gasteiger charge is 2.11. The lowest BCUT2D eigenvalue weighted by atomic mass is 10.4. The number of rotatable bonds is 5. The molecule has 19 heavy (non-hydrogen) atoms. The van der Waals surface area contributed by atoms with E-state index in [2.05, 4.69) is 15.0 Å². The molecule has 2 aromatic heterocycles. The number of aromatic amines is 1. The lowest BCUT2D eigenvalue weighted by molar-refractivity contribution is 0.854. The standard InChI is InChI=1S/C13H20N6/c1-10-16-12(18(2)8-6-14)9-13(17-10)19(3)11-5-4-7-15-11/h4-5,7,9,15H,6,8,14H2,1-3H3. The van der Waals surface area contributed by atoms with E-state index in [9.17, 15) is 0 Å². The first kappa shape index (κ1) is 13.4. The molecule has 2 rings (SSSR count). The van der Waals surface area contributed by atoms with Gasteiger partial charge in [0.1, 0.15) is 23.3 Å². The zero-order chi connectivity index (χ0) is 13.8. The van der Waals surface area contributed by atoms with Crippen molar-refractivity contribution in [2.24, 2.45) is 5.73 Å². The Hall–Kier alpha value is -2.08. The molecular weight excluding hydrogens is 240 g/mol. The molecule has 0 aliphatic rings. The highest BCUT2D eigenvalue weighted by Crippen LogP contribution is 2.22. The van der Waals surface area contributed by atoms with Gasteiger partial charge in [0.15, 0.2) is 0 Å². The van der Waals surface area contributed by atoms with E-state index in [1.54, 1.807) is 0 Å². The van der Waals surface area contributed by atoms with Crippen molar-refractivity contribution in [1.29, 1.82) is 0 Å². The highest BCUT2D eigenvalue weighted by molar-refractivity contribution is 5.59. The van der Waals surface area contributed by atoms with Crippen molar-refractivity contribution in [3.8, 4) is 0 Å². The lowest BCUT2D eigenvalue weighted by Gasteiger charge is -2.21. The molecule has 0 saturated heterocycles. The van der Waals surface area contributed by atoms with Gasteiger partial charge in [-0.2, -0.15) is 0 Å². The molecule has 0 aliphatic heterocycles. The Bertz CT molecular complexity index is 522. The predicted octanol–water partition coefficient (Wildman–Crippen LogP) is 1.28. The summed E-state index contributed by atoms with van der Waals surface area (Å²) < 4.78 is 0. The molecule has 0 radical (unpaired) electrons. The molecule has 6 heteroatoms. The molecule has 0 amide bonds. The summed E-state index contributed by atoms with van der Waals surface area (Å²) in [7, 11) is 3.95. The van der Waals surface area contributed by atoms with Gasteiger partial charge in [0.25, 0.3) is 0 Å². The maximum Gasteiger partial charge on any atom is 0.139 e. The monoisotopic (exact) mass is 260 g/mol. The Labute approximate surface area is 113 Å². The summed E-state index contributed by atoms with van der Waals surface area (Å²) in [5.41, 5.74) is 5.58. The molecule has 0 fully saturated rings. The molecule has 0 atom stereocenters. The van der Waals surface area contributed by atoms with E-state index >= 15 is 0 Å². The molecule has 0 aromatic carbocycles. The Morgan fingerprint density at radius 3 is 2.63 bits per heavy atom. The van der Waals surface area contributed by atoms with Crippen LogP contribution in [0.4, 0.5) is 17.5 Å². The summed E-state index contributed by atoms with van der Waals surface area (Å²) in [5.74, 6) is 3.47. The second-order valence-corrected chi connectivity index (χ2v) is 4.46. The summed E-state index contributed by atoms with van der Waals surface area (Å²) in [6.07, 6.45) is 1.89. The van der Waals surface area contributed by atoms with Crippen LogP contribution in [-0.2, 0) is 0 Å². The number of aromatic nitrogens is 3. The fourth-order valence-corrected chi connectivity index (χ4v) is 1.87. The molecular formula is C13H20N6.